The predicted molar refractivity (Wildman–Crippen MR) is 105 cm³/mol. The van der Waals surface area contributed by atoms with Gasteiger partial charge in [0.1, 0.15) is 25.1 Å². The Bertz CT molecular complexity index is 746. The second-order valence-electron chi connectivity index (χ2n) is 7.45. The number of allylic oxidation sites excluding steroid dienone is 1. The van der Waals surface area contributed by atoms with Crippen LogP contribution in [0.1, 0.15) is 46.5 Å². The molecule has 0 spiro atoms. The number of ether oxygens (including phenoxy) is 3. The van der Waals surface area contributed by atoms with Gasteiger partial charge in [0.25, 0.3) is 0 Å². The predicted octanol–water partition coefficient (Wildman–Crippen LogP) is 2.84. The molecule has 0 bridgehead atoms. The molecule has 4 atom stereocenters. The molecule has 2 aliphatic rings. The number of hydrogen-bond acceptors (Lipinski definition) is 7. The summed E-state index contributed by atoms with van der Waals surface area (Å²) in [4.78, 5) is 47.4. The van der Waals surface area contributed by atoms with Crippen LogP contribution in [0.3, 0.4) is 0 Å². The Morgan fingerprint density at radius 1 is 1.41 bits per heavy atom. The van der Waals surface area contributed by atoms with Crippen LogP contribution in [0.15, 0.2) is 35.5 Å². The molecule has 0 amide bonds. The average molecular weight is 404 g/mol. The molecule has 1 heterocycles. The van der Waals surface area contributed by atoms with Crippen molar-refractivity contribution in [2.75, 3.05) is 6.61 Å². The highest BCUT2D eigenvalue weighted by Gasteiger charge is 2.45. The molecule has 0 N–H and O–H groups in total. The molecule has 7 heteroatoms. The van der Waals surface area contributed by atoms with Crippen LogP contribution in [0.5, 0.6) is 0 Å². The normalized spacial score (nSPS) is 29.3. The van der Waals surface area contributed by atoms with Crippen LogP contribution in [0.2, 0.25) is 0 Å². The molecule has 0 saturated carbocycles. The highest BCUT2D eigenvalue weighted by Crippen LogP contribution is 2.36. The third kappa shape index (κ3) is 5.89. The van der Waals surface area contributed by atoms with Crippen LogP contribution in [-0.4, -0.2) is 43.0 Å². The first kappa shape index (κ1) is 22.6. The van der Waals surface area contributed by atoms with Gasteiger partial charge in [-0.1, -0.05) is 26.5 Å². The molecule has 0 aromatic heterocycles. The summed E-state index contributed by atoms with van der Waals surface area (Å²) in [6, 6.07) is 0. The van der Waals surface area contributed by atoms with E-state index >= 15 is 0 Å². The average Bonchev–Trinajstić information content (AvgIpc) is 2.96. The van der Waals surface area contributed by atoms with E-state index in [2.05, 4.69) is 6.58 Å². The van der Waals surface area contributed by atoms with E-state index in [1.165, 1.54) is 6.92 Å². The molecule has 1 fully saturated rings. The Balaban J connectivity index is 2.41. The molecule has 158 valence electrons. The van der Waals surface area contributed by atoms with Crippen LogP contribution in [0.25, 0.3) is 0 Å². The van der Waals surface area contributed by atoms with Gasteiger partial charge in [0.15, 0.2) is 0 Å². The highest BCUT2D eigenvalue weighted by molar-refractivity contribution is 5.91. The molecule has 0 radical (unpaired) electrons. The van der Waals surface area contributed by atoms with E-state index in [1.807, 2.05) is 6.92 Å². The maximum absolute atomic E-state index is 12.4. The summed E-state index contributed by atoms with van der Waals surface area (Å²) in [5, 5.41) is 0. The number of rotatable bonds is 6. The second kappa shape index (κ2) is 10.2. The minimum atomic E-state index is -0.763. The monoisotopic (exact) mass is 404 g/mol. The summed E-state index contributed by atoms with van der Waals surface area (Å²) in [7, 11) is 0. The van der Waals surface area contributed by atoms with Crippen LogP contribution in [0.4, 0.5) is 0 Å². The number of carbonyl (C=O) groups excluding carboxylic acids is 4. The van der Waals surface area contributed by atoms with Crippen LogP contribution >= 0.6 is 0 Å². The first-order chi connectivity index (χ1) is 13.8. The molecule has 0 aromatic rings. The van der Waals surface area contributed by atoms with Gasteiger partial charge in [-0.25, -0.2) is 4.79 Å². The van der Waals surface area contributed by atoms with E-state index in [1.54, 1.807) is 19.1 Å². The van der Waals surface area contributed by atoms with E-state index in [-0.39, 0.29) is 24.5 Å². The van der Waals surface area contributed by atoms with Crippen LogP contribution in [0, 0.1) is 11.8 Å². The smallest absolute Gasteiger partial charge is 0.334 e. The van der Waals surface area contributed by atoms with Crippen LogP contribution < -0.4 is 0 Å². The molecule has 7 nitrogen and oxygen atoms in total. The Morgan fingerprint density at radius 2 is 2.14 bits per heavy atom. The van der Waals surface area contributed by atoms with Crippen molar-refractivity contribution < 1.29 is 33.4 Å². The summed E-state index contributed by atoms with van der Waals surface area (Å²) in [5.74, 6) is -2.31. The number of fused-ring (bicyclic) bond motifs is 1. The van der Waals surface area contributed by atoms with Crippen molar-refractivity contribution >= 4 is 24.2 Å². The fourth-order valence-corrected chi connectivity index (χ4v) is 3.34. The number of aldehydes is 1. The SMILES string of the molecule is C=C1C(=O)O[C@@H]2/C=C(\COC(C)=O)CC/C=C(\C=O)C[C@H](OC(=O)[C@H](C)CC)[C@@H]12. The number of hydrogen-bond donors (Lipinski definition) is 0. The van der Waals surface area contributed by atoms with Crippen molar-refractivity contribution in [3.05, 3.63) is 35.5 Å². The van der Waals surface area contributed by atoms with E-state index < -0.39 is 36.0 Å². The van der Waals surface area contributed by atoms with Gasteiger partial charge in [0, 0.05) is 18.9 Å². The summed E-state index contributed by atoms with van der Waals surface area (Å²) < 4.78 is 16.3. The summed E-state index contributed by atoms with van der Waals surface area (Å²) in [6.45, 7) is 8.85. The zero-order valence-electron chi connectivity index (χ0n) is 17.1. The number of carbonyl (C=O) groups is 4. The maximum Gasteiger partial charge on any atom is 0.334 e. The molecule has 0 unspecified atom stereocenters. The van der Waals surface area contributed by atoms with Gasteiger partial charge in [0.05, 0.1) is 11.8 Å². The van der Waals surface area contributed by atoms with Gasteiger partial charge in [0.2, 0.25) is 0 Å². The van der Waals surface area contributed by atoms with E-state index in [0.717, 1.165) is 11.9 Å². The third-order valence-electron chi connectivity index (χ3n) is 5.27. The Kier molecular flexibility index (Phi) is 7.93. The van der Waals surface area contributed by atoms with Crippen molar-refractivity contribution in [2.24, 2.45) is 11.8 Å². The fraction of sp³-hybridized carbons (Fsp3) is 0.545. The molecule has 1 aliphatic carbocycles. The lowest BCUT2D eigenvalue weighted by molar-refractivity contribution is -0.156. The largest absolute Gasteiger partial charge is 0.461 e. The lowest BCUT2D eigenvalue weighted by Crippen LogP contribution is -2.35. The van der Waals surface area contributed by atoms with Gasteiger partial charge in [-0.05, 0) is 36.5 Å². The Morgan fingerprint density at radius 3 is 2.76 bits per heavy atom. The quantitative estimate of drug-likeness (QED) is 0.221. The standard InChI is InChI=1S/C22H28O7/c1-5-13(2)21(25)28-18-9-16(11-23)7-6-8-17(12-27-15(4)24)10-19-20(18)14(3)22(26)29-19/h7,10-11,13,18-20H,3,5-6,8-9,12H2,1-2,4H3/b16-7-,17-10-/t13-,18+,19-,20-/m1/s1. The zero-order chi connectivity index (χ0) is 21.6. The molecule has 2 rings (SSSR count). The van der Waals surface area contributed by atoms with Crippen molar-refractivity contribution in [3.8, 4) is 0 Å². The maximum atomic E-state index is 12.4. The molecular formula is C22H28O7. The van der Waals surface area contributed by atoms with Gasteiger partial charge in [-0.2, -0.15) is 0 Å². The molecule has 1 saturated heterocycles. The summed E-state index contributed by atoms with van der Waals surface area (Å²) in [5.41, 5.74) is 1.44. The summed E-state index contributed by atoms with van der Waals surface area (Å²) in [6.07, 6.45) is 4.65. The van der Waals surface area contributed by atoms with Crippen molar-refractivity contribution in [2.45, 2.75) is 58.7 Å². The molecular weight excluding hydrogens is 376 g/mol. The lowest BCUT2D eigenvalue weighted by Gasteiger charge is -2.28. The first-order valence-corrected chi connectivity index (χ1v) is 9.84. The molecule has 29 heavy (non-hydrogen) atoms. The van der Waals surface area contributed by atoms with Gasteiger partial charge >= 0.3 is 17.9 Å². The minimum Gasteiger partial charge on any atom is -0.461 e. The van der Waals surface area contributed by atoms with Gasteiger partial charge in [-0.15, -0.1) is 0 Å². The Labute approximate surface area is 170 Å². The van der Waals surface area contributed by atoms with Crippen molar-refractivity contribution in [3.63, 3.8) is 0 Å². The minimum absolute atomic E-state index is 0.0597. The topological polar surface area (TPSA) is 96.0 Å². The van der Waals surface area contributed by atoms with Crippen molar-refractivity contribution in [1.29, 1.82) is 0 Å². The highest BCUT2D eigenvalue weighted by atomic mass is 16.6. The van der Waals surface area contributed by atoms with E-state index in [9.17, 15) is 19.2 Å². The molecule has 0 aromatic carbocycles. The fourth-order valence-electron chi connectivity index (χ4n) is 3.34. The lowest BCUT2D eigenvalue weighted by atomic mass is 9.85. The third-order valence-corrected chi connectivity index (χ3v) is 5.27. The molecule has 1 aliphatic heterocycles. The van der Waals surface area contributed by atoms with Gasteiger partial charge in [-0.3, -0.25) is 14.4 Å². The Hall–Kier alpha value is -2.70. The van der Waals surface area contributed by atoms with Crippen LogP contribution in [-0.2, 0) is 33.4 Å². The number of esters is 3. The van der Waals surface area contributed by atoms with E-state index in [0.29, 0.717) is 24.8 Å². The van der Waals surface area contributed by atoms with Crippen molar-refractivity contribution in [1.82, 2.24) is 0 Å². The second-order valence-corrected chi connectivity index (χ2v) is 7.45. The zero-order valence-corrected chi connectivity index (χ0v) is 17.1. The van der Waals surface area contributed by atoms with Gasteiger partial charge < -0.3 is 14.2 Å². The first-order valence-electron chi connectivity index (χ1n) is 9.84. The van der Waals surface area contributed by atoms with E-state index in [4.69, 9.17) is 14.2 Å². The summed E-state index contributed by atoms with van der Waals surface area (Å²) >= 11 is 0.